The molecule has 3 aromatic rings. The van der Waals surface area contributed by atoms with Crippen LogP contribution in [0.3, 0.4) is 0 Å². The van der Waals surface area contributed by atoms with Gasteiger partial charge in [0.1, 0.15) is 48.4 Å². The lowest BCUT2D eigenvalue weighted by Crippen LogP contribution is -2.49. The molecule has 1 aromatic carbocycles. The largest absolute Gasteiger partial charge is 0.463 e. The number of nitriles is 1. The molecule has 5 atom stereocenters. The lowest BCUT2D eigenvalue weighted by atomic mass is 9.87. The van der Waals surface area contributed by atoms with Crippen molar-refractivity contribution in [2.75, 3.05) is 18.5 Å². The number of carbonyl (C=O) groups excluding carboxylic acids is 3. The van der Waals surface area contributed by atoms with Gasteiger partial charge in [0.25, 0.3) is 5.91 Å². The second kappa shape index (κ2) is 13.5. The van der Waals surface area contributed by atoms with E-state index in [-0.39, 0.29) is 23.4 Å². The topological polar surface area (TPSA) is 200 Å². The molecule has 1 aliphatic rings. The first kappa shape index (κ1) is 34.5. The second-order valence-electron chi connectivity index (χ2n) is 12.6. The molecule has 14 nitrogen and oxygen atoms in total. The number of aliphatic hydroxyl groups is 1. The van der Waals surface area contributed by atoms with Gasteiger partial charge in [0.15, 0.2) is 11.9 Å². The van der Waals surface area contributed by atoms with Crippen molar-refractivity contribution in [3.8, 4) is 6.07 Å². The van der Waals surface area contributed by atoms with Crippen LogP contribution in [0.15, 0.2) is 48.8 Å². The highest BCUT2D eigenvalue weighted by molar-refractivity contribution is 5.98. The number of hydrogen-bond acceptors (Lipinski definition) is 12. The van der Waals surface area contributed by atoms with Gasteiger partial charge < -0.3 is 35.1 Å². The van der Waals surface area contributed by atoms with Crippen molar-refractivity contribution in [3.05, 3.63) is 60.0 Å². The molecule has 3 heterocycles. The van der Waals surface area contributed by atoms with Crippen LogP contribution in [-0.4, -0.2) is 80.7 Å². The average Bonchev–Trinajstić information content (AvgIpc) is 3.56. The van der Waals surface area contributed by atoms with Crippen molar-refractivity contribution in [2.24, 2.45) is 11.1 Å². The first-order valence-corrected chi connectivity index (χ1v) is 14.9. The Kier molecular flexibility index (Phi) is 10.1. The number of anilines is 1. The summed E-state index contributed by atoms with van der Waals surface area (Å²) in [6.45, 7) is 10.1. The predicted molar refractivity (Wildman–Crippen MR) is 164 cm³/mol. The molecular weight excluding hydrogens is 596 g/mol. The third-order valence-electron chi connectivity index (χ3n) is 7.75. The molecule has 1 aliphatic heterocycles. The summed E-state index contributed by atoms with van der Waals surface area (Å²) >= 11 is 0. The lowest BCUT2D eigenvalue weighted by molar-refractivity contribution is -0.163. The minimum absolute atomic E-state index is 0.0340. The van der Waals surface area contributed by atoms with E-state index in [1.54, 1.807) is 65.8 Å². The molecule has 2 aromatic heterocycles. The quantitative estimate of drug-likeness (QED) is 0.259. The van der Waals surface area contributed by atoms with Crippen molar-refractivity contribution < 1.29 is 38.4 Å². The van der Waals surface area contributed by atoms with E-state index in [4.69, 9.17) is 24.7 Å². The Morgan fingerprint density at radius 1 is 1.17 bits per heavy atom. The average molecular weight is 637 g/mol. The van der Waals surface area contributed by atoms with Gasteiger partial charge in [-0.15, -0.1) is 0 Å². The maximum Gasteiger partial charge on any atom is 0.323 e. The molecule has 4 N–H and O–H groups in total. The minimum atomic E-state index is -2.15. The van der Waals surface area contributed by atoms with Gasteiger partial charge >= 0.3 is 11.9 Å². The molecule has 0 saturated carbocycles. The van der Waals surface area contributed by atoms with Crippen LogP contribution in [0.25, 0.3) is 5.52 Å². The molecule has 0 unspecified atom stereocenters. The zero-order valence-corrected chi connectivity index (χ0v) is 26.7. The van der Waals surface area contributed by atoms with Crippen LogP contribution in [-0.2, 0) is 45.4 Å². The fraction of sp³-hybridized carbons (Fsp3) is 0.500. The summed E-state index contributed by atoms with van der Waals surface area (Å²) in [6.07, 6.45) is -3.36. The van der Waals surface area contributed by atoms with E-state index >= 15 is 0 Å². The molecule has 14 heteroatoms. The molecule has 46 heavy (non-hydrogen) atoms. The Hall–Kier alpha value is -4.42. The molecule has 1 amide bonds. The molecule has 0 bridgehead atoms. The van der Waals surface area contributed by atoms with E-state index in [1.165, 1.54) is 16.6 Å². The molecule has 0 radical (unpaired) electrons. The number of amides is 1. The SMILES string of the molecule is CCOC(C)(C)C(=O)Nc1ncnn2c([C@]3(C#N)O[C@H](COC(=O)Cc4ccccc4)[C@@H](OC(=O)[C@@H](N)C(C)(C)C)[C@H]3O)ccc12. The molecule has 1 fully saturated rings. The van der Waals surface area contributed by atoms with Gasteiger partial charge in [-0.05, 0) is 43.9 Å². The number of carbonyl (C=O) groups is 3. The van der Waals surface area contributed by atoms with E-state index in [0.29, 0.717) is 6.61 Å². The Bertz CT molecular complexity index is 1610. The number of nitrogens with two attached hydrogens (primary N) is 1. The highest BCUT2D eigenvalue weighted by Crippen LogP contribution is 2.42. The van der Waals surface area contributed by atoms with E-state index in [9.17, 15) is 24.8 Å². The first-order chi connectivity index (χ1) is 21.6. The van der Waals surface area contributed by atoms with Crippen LogP contribution in [0.1, 0.15) is 52.8 Å². The lowest BCUT2D eigenvalue weighted by Gasteiger charge is -2.29. The number of nitrogens with one attached hydrogen (secondary N) is 1. The first-order valence-electron chi connectivity index (χ1n) is 14.9. The Balaban J connectivity index is 1.67. The van der Waals surface area contributed by atoms with Crippen LogP contribution in [0.5, 0.6) is 0 Å². The normalized spacial score (nSPS) is 22.2. The maximum absolute atomic E-state index is 13.1. The molecular formula is C32H40N6O8. The number of aliphatic hydroxyl groups excluding tert-OH is 1. The third kappa shape index (κ3) is 7.02. The van der Waals surface area contributed by atoms with E-state index in [1.807, 2.05) is 12.1 Å². The van der Waals surface area contributed by atoms with Crippen molar-refractivity contribution >= 4 is 29.2 Å². The third-order valence-corrected chi connectivity index (χ3v) is 7.75. The van der Waals surface area contributed by atoms with Crippen LogP contribution in [0, 0.1) is 16.7 Å². The van der Waals surface area contributed by atoms with Gasteiger partial charge in [0.05, 0.1) is 12.1 Å². The number of ether oxygens (including phenoxy) is 4. The minimum Gasteiger partial charge on any atom is -0.463 e. The smallest absolute Gasteiger partial charge is 0.323 e. The summed E-state index contributed by atoms with van der Waals surface area (Å²) in [7, 11) is 0. The van der Waals surface area contributed by atoms with E-state index < -0.39 is 65.4 Å². The maximum atomic E-state index is 13.1. The van der Waals surface area contributed by atoms with Crippen molar-refractivity contribution in [1.82, 2.24) is 14.6 Å². The summed E-state index contributed by atoms with van der Waals surface area (Å²) in [6, 6.07) is 12.9. The van der Waals surface area contributed by atoms with Gasteiger partial charge in [-0.2, -0.15) is 10.4 Å². The molecule has 0 aliphatic carbocycles. The zero-order valence-electron chi connectivity index (χ0n) is 26.7. The highest BCUT2D eigenvalue weighted by atomic mass is 16.6. The van der Waals surface area contributed by atoms with Gasteiger partial charge in [-0.25, -0.2) is 9.50 Å². The number of rotatable bonds is 11. The fourth-order valence-electron chi connectivity index (χ4n) is 4.99. The number of benzene rings is 1. The molecule has 246 valence electrons. The summed E-state index contributed by atoms with van der Waals surface area (Å²) in [5.41, 5.74) is 3.19. The van der Waals surface area contributed by atoms with Crippen LogP contribution in [0.2, 0.25) is 0 Å². The van der Waals surface area contributed by atoms with E-state index in [0.717, 1.165) is 11.9 Å². The van der Waals surface area contributed by atoms with Crippen molar-refractivity contribution in [2.45, 2.75) is 83.5 Å². The molecule has 1 saturated heterocycles. The van der Waals surface area contributed by atoms with Crippen molar-refractivity contribution in [1.29, 1.82) is 5.26 Å². The standard InChI is InChI=1S/C32H40N6O8/c1-7-44-31(5,6)29(42)37-27-20-13-14-22(38(20)36-18-35-27)32(17-33)26(40)24(45-28(41)25(34)30(2,3)4)21(46-32)16-43-23(39)15-19-11-9-8-10-12-19/h8-14,18,21,24-26,40H,7,15-16,34H2,1-6H3,(H,35,36,37,42)/t21-,24-,25-,26-,32+/m1/s1. The van der Waals surface area contributed by atoms with Crippen LogP contribution < -0.4 is 11.1 Å². The Morgan fingerprint density at radius 3 is 2.50 bits per heavy atom. The number of aromatic nitrogens is 3. The summed E-state index contributed by atoms with van der Waals surface area (Å²) in [5, 5.41) is 29.1. The van der Waals surface area contributed by atoms with E-state index in [2.05, 4.69) is 15.4 Å². The summed E-state index contributed by atoms with van der Waals surface area (Å²) in [4.78, 5) is 42.9. The zero-order chi connectivity index (χ0) is 33.9. The van der Waals surface area contributed by atoms with Gasteiger partial charge in [-0.1, -0.05) is 51.1 Å². The van der Waals surface area contributed by atoms with Gasteiger partial charge in [0.2, 0.25) is 5.60 Å². The highest BCUT2D eigenvalue weighted by Gasteiger charge is 2.60. The molecule has 0 spiro atoms. The van der Waals surface area contributed by atoms with Gasteiger partial charge in [0, 0.05) is 6.61 Å². The number of fused-ring (bicyclic) bond motifs is 1. The molecule has 4 rings (SSSR count). The monoisotopic (exact) mass is 636 g/mol. The Labute approximate surface area is 266 Å². The van der Waals surface area contributed by atoms with Crippen LogP contribution in [0.4, 0.5) is 5.82 Å². The summed E-state index contributed by atoms with van der Waals surface area (Å²) in [5.74, 6) is -1.78. The number of nitrogens with zero attached hydrogens (tertiary/aromatic N) is 4. The van der Waals surface area contributed by atoms with Crippen LogP contribution >= 0.6 is 0 Å². The van der Waals surface area contributed by atoms with Gasteiger partial charge in [-0.3, -0.25) is 14.4 Å². The Morgan fingerprint density at radius 2 is 1.87 bits per heavy atom. The number of esters is 2. The number of hydrogen-bond donors (Lipinski definition) is 3. The predicted octanol–water partition coefficient (Wildman–Crippen LogP) is 2.03. The van der Waals surface area contributed by atoms with Crippen molar-refractivity contribution in [3.63, 3.8) is 0 Å². The second-order valence-corrected chi connectivity index (χ2v) is 12.6. The fourth-order valence-corrected chi connectivity index (χ4v) is 4.99. The summed E-state index contributed by atoms with van der Waals surface area (Å²) < 4.78 is 24.1.